The molecule has 7 heteroatoms. The maximum Gasteiger partial charge on any atom is 0.213 e. The molecule has 3 heterocycles. The van der Waals surface area contributed by atoms with E-state index in [1.165, 1.54) is 32.1 Å². The lowest BCUT2D eigenvalue weighted by Gasteiger charge is -2.36. The van der Waals surface area contributed by atoms with Gasteiger partial charge in [-0.15, -0.1) is 10.2 Å². The molecule has 1 saturated carbocycles. The zero-order valence-electron chi connectivity index (χ0n) is 18.9. The molecule has 1 saturated heterocycles. The van der Waals surface area contributed by atoms with Crippen LogP contribution in [0, 0.1) is 0 Å². The number of benzene rings is 2. The first-order chi connectivity index (χ1) is 16.3. The predicted octanol–water partition coefficient (Wildman–Crippen LogP) is 4.35. The predicted molar refractivity (Wildman–Crippen MR) is 130 cm³/mol. The normalized spacial score (nSPS) is 18.4. The van der Waals surface area contributed by atoms with Gasteiger partial charge in [0.25, 0.3) is 0 Å². The van der Waals surface area contributed by atoms with Crippen LogP contribution < -0.4 is 4.90 Å². The number of aromatic nitrogens is 4. The molecule has 1 N–H and O–H groups in total. The van der Waals surface area contributed by atoms with Gasteiger partial charge < -0.3 is 10.0 Å². The van der Waals surface area contributed by atoms with E-state index in [1.807, 2.05) is 24.3 Å². The van der Waals surface area contributed by atoms with Crippen molar-refractivity contribution in [2.24, 2.45) is 0 Å². The number of rotatable bonds is 4. The highest BCUT2D eigenvalue weighted by molar-refractivity contribution is 5.92. The second-order valence-corrected chi connectivity index (χ2v) is 9.37. The van der Waals surface area contributed by atoms with Gasteiger partial charge in [-0.3, -0.25) is 4.90 Å². The minimum atomic E-state index is 0.374. The molecule has 33 heavy (non-hydrogen) atoms. The number of hydrogen-bond donors (Lipinski definition) is 1. The number of fused-ring (bicyclic) bond motifs is 3. The Morgan fingerprint density at radius 3 is 2.42 bits per heavy atom. The highest BCUT2D eigenvalue weighted by Gasteiger charge is 2.27. The van der Waals surface area contributed by atoms with E-state index >= 15 is 0 Å². The van der Waals surface area contributed by atoms with Gasteiger partial charge in [-0.25, -0.2) is 9.38 Å². The lowest BCUT2D eigenvalue weighted by atomic mass is 9.89. The van der Waals surface area contributed by atoms with Crippen molar-refractivity contribution in [1.82, 2.24) is 24.5 Å². The standard InChI is InChI=1S/C26H30N6O/c33-23-13-7-4-10-20(23)18-30-14-16-31(17-15-30)26-27-22-12-6-5-11-21(22)25-29-28-24(32(25)26)19-8-2-1-3-9-19/h4-7,10-13,19,33H,1-3,8-9,14-18H2. The van der Waals surface area contributed by atoms with Gasteiger partial charge in [-0.2, -0.15) is 0 Å². The number of anilines is 1. The maximum absolute atomic E-state index is 10.2. The molecule has 0 unspecified atom stereocenters. The van der Waals surface area contributed by atoms with Gasteiger partial charge in [0.05, 0.1) is 5.52 Å². The summed E-state index contributed by atoms with van der Waals surface area (Å²) >= 11 is 0. The fraction of sp³-hybridized carbons (Fsp3) is 0.423. The Kier molecular flexibility index (Phi) is 5.34. The minimum absolute atomic E-state index is 0.374. The summed E-state index contributed by atoms with van der Waals surface area (Å²) in [4.78, 5) is 9.91. The van der Waals surface area contributed by atoms with Crippen LogP contribution >= 0.6 is 0 Å². The van der Waals surface area contributed by atoms with Crippen molar-refractivity contribution < 1.29 is 5.11 Å². The Labute approximate surface area is 193 Å². The highest BCUT2D eigenvalue weighted by atomic mass is 16.3. The number of nitrogens with zero attached hydrogens (tertiary/aromatic N) is 6. The number of phenols is 1. The molecule has 170 valence electrons. The van der Waals surface area contributed by atoms with Crippen molar-refractivity contribution in [2.45, 2.75) is 44.6 Å². The average Bonchev–Trinajstić information content (AvgIpc) is 3.32. The molecule has 0 spiro atoms. The van der Waals surface area contributed by atoms with Crippen LogP contribution in [0.4, 0.5) is 5.95 Å². The molecule has 7 nitrogen and oxygen atoms in total. The Morgan fingerprint density at radius 2 is 1.61 bits per heavy atom. The van der Waals surface area contributed by atoms with Crippen LogP contribution in [0.15, 0.2) is 48.5 Å². The van der Waals surface area contributed by atoms with Crippen molar-refractivity contribution >= 4 is 22.5 Å². The van der Waals surface area contributed by atoms with E-state index in [-0.39, 0.29) is 0 Å². The summed E-state index contributed by atoms with van der Waals surface area (Å²) in [7, 11) is 0. The van der Waals surface area contributed by atoms with E-state index in [1.54, 1.807) is 6.07 Å². The van der Waals surface area contributed by atoms with Gasteiger partial charge in [0.2, 0.25) is 5.95 Å². The fourth-order valence-electron chi connectivity index (χ4n) is 5.41. The third-order valence-corrected chi connectivity index (χ3v) is 7.26. The molecule has 6 rings (SSSR count). The third-order valence-electron chi connectivity index (χ3n) is 7.26. The topological polar surface area (TPSA) is 69.8 Å². The number of aromatic hydroxyl groups is 1. The molecular formula is C26H30N6O. The summed E-state index contributed by atoms with van der Waals surface area (Å²) in [6, 6.07) is 15.9. The summed E-state index contributed by atoms with van der Waals surface area (Å²) in [5, 5.41) is 20.6. The fourth-order valence-corrected chi connectivity index (χ4v) is 5.41. The van der Waals surface area contributed by atoms with Crippen molar-refractivity contribution in [1.29, 1.82) is 0 Å². The van der Waals surface area contributed by atoms with E-state index < -0.39 is 0 Å². The van der Waals surface area contributed by atoms with Crippen LogP contribution in [0.25, 0.3) is 16.6 Å². The molecule has 0 amide bonds. The van der Waals surface area contributed by atoms with Crippen LogP contribution in [0.3, 0.4) is 0 Å². The molecule has 1 aliphatic carbocycles. The summed E-state index contributed by atoms with van der Waals surface area (Å²) < 4.78 is 2.25. The smallest absolute Gasteiger partial charge is 0.213 e. The van der Waals surface area contributed by atoms with Gasteiger partial charge in [0.15, 0.2) is 5.65 Å². The molecule has 2 aromatic carbocycles. The van der Waals surface area contributed by atoms with Gasteiger partial charge in [-0.05, 0) is 31.0 Å². The van der Waals surface area contributed by atoms with Crippen LogP contribution in [0.5, 0.6) is 5.75 Å². The van der Waals surface area contributed by atoms with E-state index in [2.05, 4.69) is 37.5 Å². The molecule has 0 radical (unpaired) electrons. The third kappa shape index (κ3) is 3.80. The molecule has 2 fully saturated rings. The SMILES string of the molecule is Oc1ccccc1CN1CCN(c2nc3ccccc3c3nnc(C4CCCCC4)n23)CC1. The van der Waals surface area contributed by atoms with Crippen molar-refractivity contribution in [3.8, 4) is 5.75 Å². The van der Waals surface area contributed by atoms with E-state index in [0.29, 0.717) is 11.7 Å². The first-order valence-corrected chi connectivity index (χ1v) is 12.2. The van der Waals surface area contributed by atoms with Crippen molar-refractivity contribution in [2.75, 3.05) is 31.1 Å². The Hall–Kier alpha value is -3.19. The number of phenolic OH excluding ortho intramolecular Hbond substituents is 1. The molecular weight excluding hydrogens is 412 g/mol. The average molecular weight is 443 g/mol. The maximum atomic E-state index is 10.2. The van der Waals surface area contributed by atoms with Crippen molar-refractivity contribution in [3.63, 3.8) is 0 Å². The van der Waals surface area contributed by atoms with Crippen LogP contribution in [-0.2, 0) is 6.54 Å². The van der Waals surface area contributed by atoms with Gasteiger partial charge >= 0.3 is 0 Å². The van der Waals surface area contributed by atoms with Crippen LogP contribution in [-0.4, -0.2) is 55.8 Å². The van der Waals surface area contributed by atoms with Gasteiger partial charge in [0, 0.05) is 49.6 Å². The Bertz CT molecular complexity index is 1270. The molecule has 4 aromatic rings. The van der Waals surface area contributed by atoms with Gasteiger partial charge in [-0.1, -0.05) is 49.6 Å². The summed E-state index contributed by atoms with van der Waals surface area (Å²) in [5.74, 6) is 2.88. The second-order valence-electron chi connectivity index (χ2n) is 9.37. The van der Waals surface area contributed by atoms with Crippen molar-refractivity contribution in [3.05, 3.63) is 59.9 Å². The molecule has 2 aliphatic rings. The summed E-state index contributed by atoms with van der Waals surface area (Å²) in [6.45, 7) is 4.38. The van der Waals surface area contributed by atoms with E-state index in [0.717, 1.165) is 66.6 Å². The molecule has 0 atom stereocenters. The first kappa shape index (κ1) is 20.4. The highest BCUT2D eigenvalue weighted by Crippen LogP contribution is 2.34. The Morgan fingerprint density at radius 1 is 0.848 bits per heavy atom. The first-order valence-electron chi connectivity index (χ1n) is 12.2. The lowest BCUT2D eigenvalue weighted by Crippen LogP contribution is -2.47. The number of para-hydroxylation sites is 2. The molecule has 2 aromatic heterocycles. The molecule has 1 aliphatic heterocycles. The summed E-state index contributed by atoms with van der Waals surface area (Å²) in [5.41, 5.74) is 2.88. The quantitative estimate of drug-likeness (QED) is 0.507. The van der Waals surface area contributed by atoms with Gasteiger partial charge in [0.1, 0.15) is 11.6 Å². The number of piperazine rings is 1. The minimum Gasteiger partial charge on any atom is -0.508 e. The lowest BCUT2D eigenvalue weighted by molar-refractivity contribution is 0.245. The van der Waals surface area contributed by atoms with E-state index in [9.17, 15) is 5.11 Å². The van der Waals surface area contributed by atoms with Crippen LogP contribution in [0.2, 0.25) is 0 Å². The summed E-state index contributed by atoms with van der Waals surface area (Å²) in [6.07, 6.45) is 6.21. The Balaban J connectivity index is 1.33. The number of hydrogen-bond acceptors (Lipinski definition) is 6. The van der Waals surface area contributed by atoms with E-state index in [4.69, 9.17) is 10.1 Å². The largest absolute Gasteiger partial charge is 0.508 e. The monoisotopic (exact) mass is 442 g/mol. The zero-order chi connectivity index (χ0) is 22.2. The molecule has 0 bridgehead atoms. The van der Waals surface area contributed by atoms with Crippen LogP contribution in [0.1, 0.15) is 49.4 Å². The second kappa shape index (κ2) is 8.63. The zero-order valence-corrected chi connectivity index (χ0v) is 18.9.